The van der Waals surface area contributed by atoms with Gasteiger partial charge in [0.2, 0.25) is 0 Å². The Balaban J connectivity index is 2.19. The van der Waals surface area contributed by atoms with E-state index >= 15 is 0 Å². The first-order valence-electron chi connectivity index (χ1n) is 6.76. The molecule has 3 rings (SSSR count). The fourth-order valence-corrected chi connectivity index (χ4v) is 3.21. The van der Waals surface area contributed by atoms with E-state index in [1.165, 1.54) is 11.3 Å². The highest BCUT2D eigenvalue weighted by Crippen LogP contribution is 2.35. The van der Waals surface area contributed by atoms with Gasteiger partial charge in [0.15, 0.2) is 0 Å². The largest absolute Gasteiger partial charge is 0.459 e. The monoisotopic (exact) mass is 300 g/mol. The number of rotatable bonds is 2. The van der Waals surface area contributed by atoms with Crippen molar-refractivity contribution in [2.24, 2.45) is 0 Å². The van der Waals surface area contributed by atoms with Crippen molar-refractivity contribution in [3.63, 3.8) is 0 Å². The molecule has 0 aliphatic rings. The zero-order valence-electron chi connectivity index (χ0n) is 12.1. The first-order chi connectivity index (χ1) is 9.95. The zero-order valence-corrected chi connectivity index (χ0v) is 13.0. The fourth-order valence-electron chi connectivity index (χ4n) is 2.24. The maximum atomic E-state index is 12.1. The lowest BCUT2D eigenvalue weighted by atomic mass is 10.1. The molecule has 5 heteroatoms. The molecule has 0 atom stereocenters. The quantitative estimate of drug-likeness (QED) is 0.729. The molecular weight excluding hydrogens is 284 g/mol. The lowest BCUT2D eigenvalue weighted by Gasteiger charge is -2.06. The van der Waals surface area contributed by atoms with E-state index < -0.39 is 0 Å². The van der Waals surface area contributed by atoms with Gasteiger partial charge in [0, 0.05) is 10.8 Å². The molecule has 108 valence electrons. The first-order valence-corrected chi connectivity index (χ1v) is 7.57. The third-order valence-electron chi connectivity index (χ3n) is 3.20. The Labute approximate surface area is 126 Å². The predicted octanol–water partition coefficient (Wildman–Crippen LogP) is 3.91. The maximum Gasteiger partial charge on any atom is 0.350 e. The van der Waals surface area contributed by atoms with Crippen molar-refractivity contribution in [1.29, 1.82) is 0 Å². The minimum atomic E-state index is -0.384. The standard InChI is InChI=1S/C16H16N2O2S/c1-8(2)20-16(19)14-13(17)11-7-10-6-9(3)4-5-12(10)18-15(11)21-14/h4-8H,17H2,1-3H3. The highest BCUT2D eigenvalue weighted by molar-refractivity contribution is 7.21. The van der Waals surface area contributed by atoms with E-state index in [1.54, 1.807) is 0 Å². The molecule has 0 saturated heterocycles. The molecule has 0 radical (unpaired) electrons. The summed E-state index contributed by atoms with van der Waals surface area (Å²) in [6.45, 7) is 5.67. The van der Waals surface area contributed by atoms with Gasteiger partial charge in [0.05, 0.1) is 17.3 Å². The molecule has 0 fully saturated rings. The Morgan fingerprint density at radius 1 is 1.33 bits per heavy atom. The Hall–Kier alpha value is -2.14. The lowest BCUT2D eigenvalue weighted by molar-refractivity contribution is 0.0385. The van der Waals surface area contributed by atoms with Crippen LogP contribution in [0, 0.1) is 6.92 Å². The van der Waals surface area contributed by atoms with Crippen molar-refractivity contribution in [3.8, 4) is 0 Å². The van der Waals surface area contributed by atoms with Crippen LogP contribution in [0.15, 0.2) is 24.3 Å². The maximum absolute atomic E-state index is 12.1. The summed E-state index contributed by atoms with van der Waals surface area (Å²) in [6, 6.07) is 8.05. The second-order valence-electron chi connectivity index (χ2n) is 5.34. The summed E-state index contributed by atoms with van der Waals surface area (Å²) >= 11 is 1.28. The lowest BCUT2D eigenvalue weighted by Crippen LogP contribution is -2.11. The molecule has 0 aliphatic carbocycles. The van der Waals surface area contributed by atoms with Gasteiger partial charge in [-0.15, -0.1) is 11.3 Å². The van der Waals surface area contributed by atoms with Gasteiger partial charge in [-0.25, -0.2) is 9.78 Å². The number of carbonyl (C=O) groups is 1. The molecule has 0 unspecified atom stereocenters. The number of pyridine rings is 1. The zero-order chi connectivity index (χ0) is 15.1. The highest BCUT2D eigenvalue weighted by Gasteiger charge is 2.19. The molecule has 0 saturated carbocycles. The van der Waals surface area contributed by atoms with Gasteiger partial charge in [-0.1, -0.05) is 11.6 Å². The number of nitrogen functional groups attached to an aromatic ring is 1. The number of hydrogen-bond acceptors (Lipinski definition) is 5. The Bertz CT molecular complexity index is 852. The highest BCUT2D eigenvalue weighted by atomic mass is 32.1. The van der Waals surface area contributed by atoms with Crippen LogP contribution in [0.2, 0.25) is 0 Å². The van der Waals surface area contributed by atoms with Crippen molar-refractivity contribution in [3.05, 3.63) is 34.7 Å². The number of thiophene rings is 1. The van der Waals surface area contributed by atoms with Crippen molar-refractivity contribution in [2.75, 3.05) is 5.73 Å². The van der Waals surface area contributed by atoms with Gasteiger partial charge in [-0.05, 0) is 39.0 Å². The normalized spacial score (nSPS) is 11.4. The molecule has 3 aromatic rings. The van der Waals surface area contributed by atoms with E-state index in [9.17, 15) is 4.79 Å². The summed E-state index contributed by atoms with van der Waals surface area (Å²) in [6.07, 6.45) is -0.170. The number of aromatic nitrogens is 1. The van der Waals surface area contributed by atoms with E-state index in [0.29, 0.717) is 10.6 Å². The molecule has 2 N–H and O–H groups in total. The van der Waals surface area contributed by atoms with Crippen LogP contribution in [0.3, 0.4) is 0 Å². The molecule has 1 aromatic carbocycles. The molecule has 2 heterocycles. The number of nitrogens with zero attached hydrogens (tertiary/aromatic N) is 1. The van der Waals surface area contributed by atoms with E-state index in [4.69, 9.17) is 10.5 Å². The summed E-state index contributed by atoms with van der Waals surface area (Å²) < 4.78 is 5.23. The van der Waals surface area contributed by atoms with E-state index in [0.717, 1.165) is 26.7 Å². The van der Waals surface area contributed by atoms with Gasteiger partial charge in [0.25, 0.3) is 0 Å². The fraction of sp³-hybridized carbons (Fsp3) is 0.250. The third-order valence-corrected chi connectivity index (χ3v) is 4.29. The van der Waals surface area contributed by atoms with Crippen LogP contribution in [0.1, 0.15) is 29.1 Å². The van der Waals surface area contributed by atoms with Gasteiger partial charge in [0.1, 0.15) is 9.71 Å². The van der Waals surface area contributed by atoms with Crippen LogP contribution in [0.5, 0.6) is 0 Å². The number of hydrogen-bond donors (Lipinski definition) is 1. The molecule has 21 heavy (non-hydrogen) atoms. The number of aryl methyl sites for hydroxylation is 1. The Kier molecular flexibility index (Phi) is 3.29. The summed E-state index contributed by atoms with van der Waals surface area (Å²) in [5.41, 5.74) is 8.63. The number of anilines is 1. The third kappa shape index (κ3) is 2.45. The molecule has 0 amide bonds. The second kappa shape index (κ2) is 5.00. The van der Waals surface area contributed by atoms with Crippen LogP contribution >= 0.6 is 11.3 Å². The van der Waals surface area contributed by atoms with E-state index in [2.05, 4.69) is 11.1 Å². The molecule has 0 bridgehead atoms. The van der Waals surface area contributed by atoms with Gasteiger partial charge >= 0.3 is 5.97 Å². The van der Waals surface area contributed by atoms with Crippen molar-refractivity contribution in [2.45, 2.75) is 26.9 Å². The molecular formula is C16H16N2O2S. The van der Waals surface area contributed by atoms with Gasteiger partial charge in [-0.3, -0.25) is 0 Å². The SMILES string of the molecule is Cc1ccc2nc3sc(C(=O)OC(C)C)c(N)c3cc2c1. The molecule has 2 aromatic heterocycles. The summed E-state index contributed by atoms with van der Waals surface area (Å²) in [7, 11) is 0. The van der Waals surface area contributed by atoms with Gasteiger partial charge < -0.3 is 10.5 Å². The van der Waals surface area contributed by atoms with Crippen molar-refractivity contribution < 1.29 is 9.53 Å². The van der Waals surface area contributed by atoms with Crippen molar-refractivity contribution in [1.82, 2.24) is 4.98 Å². The number of ether oxygens (including phenoxy) is 1. The average molecular weight is 300 g/mol. The van der Waals surface area contributed by atoms with Crippen molar-refractivity contribution >= 4 is 44.1 Å². The Morgan fingerprint density at radius 2 is 2.10 bits per heavy atom. The number of esters is 1. The van der Waals surface area contributed by atoms with E-state index in [1.807, 2.05) is 39.0 Å². The topological polar surface area (TPSA) is 65.2 Å². The van der Waals surface area contributed by atoms with Crippen LogP contribution in [0.25, 0.3) is 21.1 Å². The number of benzene rings is 1. The van der Waals surface area contributed by atoms with Gasteiger partial charge in [-0.2, -0.15) is 0 Å². The predicted molar refractivity (Wildman–Crippen MR) is 86.8 cm³/mol. The summed E-state index contributed by atoms with van der Waals surface area (Å²) in [4.78, 5) is 17.9. The molecule has 0 aliphatic heterocycles. The molecule has 0 spiro atoms. The van der Waals surface area contributed by atoms with E-state index in [-0.39, 0.29) is 12.1 Å². The smallest absolute Gasteiger partial charge is 0.350 e. The summed E-state index contributed by atoms with van der Waals surface area (Å²) in [5.74, 6) is -0.384. The minimum Gasteiger partial charge on any atom is -0.459 e. The van der Waals surface area contributed by atoms with Crippen LogP contribution in [-0.4, -0.2) is 17.1 Å². The average Bonchev–Trinajstić information content (AvgIpc) is 2.73. The number of fused-ring (bicyclic) bond motifs is 2. The second-order valence-corrected chi connectivity index (χ2v) is 6.34. The van der Waals surface area contributed by atoms with Crippen LogP contribution in [0.4, 0.5) is 5.69 Å². The summed E-state index contributed by atoms with van der Waals surface area (Å²) in [5, 5.41) is 1.84. The minimum absolute atomic E-state index is 0.170. The van der Waals surface area contributed by atoms with Crippen LogP contribution in [-0.2, 0) is 4.74 Å². The Morgan fingerprint density at radius 3 is 2.81 bits per heavy atom. The van der Waals surface area contributed by atoms with Crippen LogP contribution < -0.4 is 5.73 Å². The number of nitrogens with two attached hydrogens (primary N) is 1. The number of carbonyl (C=O) groups excluding carboxylic acids is 1. The first kappa shape index (κ1) is 13.8. The molecule has 4 nitrogen and oxygen atoms in total.